The van der Waals surface area contributed by atoms with Crippen molar-refractivity contribution in [3.05, 3.63) is 42.0 Å². The summed E-state index contributed by atoms with van der Waals surface area (Å²) < 4.78 is 10.7. The number of phenolic OH excluding ortho intramolecular Hbond substituents is 1. The molecule has 5 nitrogen and oxygen atoms in total. The van der Waals surface area contributed by atoms with Gasteiger partial charge >= 0.3 is 0 Å². The fourth-order valence-corrected chi connectivity index (χ4v) is 2.25. The van der Waals surface area contributed by atoms with E-state index in [1.165, 1.54) is 0 Å². The second-order valence-corrected chi connectivity index (χ2v) is 6.42. The Morgan fingerprint density at radius 1 is 1.00 bits per heavy atom. The Morgan fingerprint density at radius 3 is 2.21 bits per heavy atom. The largest absolute Gasteiger partial charge is 0.505 e. The highest BCUT2D eigenvalue weighted by atomic mass is 16.5. The van der Waals surface area contributed by atoms with Gasteiger partial charge in [-0.15, -0.1) is 5.11 Å². The summed E-state index contributed by atoms with van der Waals surface area (Å²) in [7, 11) is 1.61. The highest BCUT2D eigenvalue weighted by Crippen LogP contribution is 2.41. The van der Waals surface area contributed by atoms with Crippen molar-refractivity contribution in [3.8, 4) is 17.2 Å². The van der Waals surface area contributed by atoms with Gasteiger partial charge in [-0.05, 0) is 42.7 Å². The van der Waals surface area contributed by atoms with Crippen LogP contribution in [0.2, 0.25) is 0 Å². The molecule has 0 amide bonds. The Bertz CT molecular complexity index is 717. The number of aromatic hydroxyl groups is 1. The van der Waals surface area contributed by atoms with Crippen molar-refractivity contribution in [1.82, 2.24) is 0 Å². The SMILES string of the molecule is CCOc1cc(/N=N/c2ccc(OC)cc2)c(O)c(C(C)(C)C)c1. The number of phenols is 1. The number of azo groups is 1. The number of hydrogen-bond acceptors (Lipinski definition) is 5. The first-order valence-electron chi connectivity index (χ1n) is 7.91. The first-order chi connectivity index (χ1) is 11.3. The van der Waals surface area contributed by atoms with Crippen molar-refractivity contribution in [2.45, 2.75) is 33.1 Å². The van der Waals surface area contributed by atoms with E-state index in [1.54, 1.807) is 25.3 Å². The third-order valence-electron chi connectivity index (χ3n) is 3.53. The molecule has 0 unspecified atom stereocenters. The highest BCUT2D eigenvalue weighted by Gasteiger charge is 2.22. The van der Waals surface area contributed by atoms with Gasteiger partial charge in [0.25, 0.3) is 0 Å². The van der Waals surface area contributed by atoms with Crippen LogP contribution in [0.4, 0.5) is 11.4 Å². The van der Waals surface area contributed by atoms with E-state index in [-0.39, 0.29) is 11.2 Å². The smallest absolute Gasteiger partial charge is 0.147 e. The maximum Gasteiger partial charge on any atom is 0.147 e. The number of hydrogen-bond donors (Lipinski definition) is 1. The molecular formula is C19H24N2O3. The molecule has 0 heterocycles. The zero-order valence-electron chi connectivity index (χ0n) is 14.8. The van der Waals surface area contributed by atoms with Gasteiger partial charge in [0, 0.05) is 11.6 Å². The van der Waals surface area contributed by atoms with Gasteiger partial charge in [-0.1, -0.05) is 20.8 Å². The third-order valence-corrected chi connectivity index (χ3v) is 3.53. The lowest BCUT2D eigenvalue weighted by atomic mass is 9.86. The first kappa shape index (κ1) is 17.8. The van der Waals surface area contributed by atoms with E-state index in [4.69, 9.17) is 9.47 Å². The Labute approximate surface area is 143 Å². The quantitative estimate of drug-likeness (QED) is 0.736. The monoisotopic (exact) mass is 328 g/mol. The van der Waals surface area contributed by atoms with Gasteiger partial charge < -0.3 is 14.6 Å². The van der Waals surface area contributed by atoms with Crippen molar-refractivity contribution in [2.24, 2.45) is 10.2 Å². The van der Waals surface area contributed by atoms with Crippen molar-refractivity contribution in [3.63, 3.8) is 0 Å². The van der Waals surface area contributed by atoms with Gasteiger partial charge in [0.1, 0.15) is 22.9 Å². The molecule has 0 bridgehead atoms. The summed E-state index contributed by atoms with van der Waals surface area (Å²) >= 11 is 0. The molecule has 0 aliphatic heterocycles. The van der Waals surface area contributed by atoms with Crippen LogP contribution < -0.4 is 9.47 Å². The van der Waals surface area contributed by atoms with E-state index in [0.29, 0.717) is 23.7 Å². The van der Waals surface area contributed by atoms with Crippen molar-refractivity contribution < 1.29 is 14.6 Å². The Kier molecular flexibility index (Phi) is 5.44. The minimum Gasteiger partial charge on any atom is -0.505 e. The second-order valence-electron chi connectivity index (χ2n) is 6.42. The van der Waals surface area contributed by atoms with E-state index in [2.05, 4.69) is 10.2 Å². The molecule has 2 rings (SSSR count). The molecule has 5 heteroatoms. The van der Waals surface area contributed by atoms with Gasteiger partial charge in [0.2, 0.25) is 0 Å². The molecule has 0 atom stereocenters. The molecule has 2 aromatic carbocycles. The summed E-state index contributed by atoms with van der Waals surface area (Å²) in [6, 6.07) is 10.8. The molecule has 0 aliphatic carbocycles. The van der Waals surface area contributed by atoms with Gasteiger partial charge in [0.15, 0.2) is 0 Å². The summed E-state index contributed by atoms with van der Waals surface area (Å²) in [5, 5.41) is 18.9. The number of nitrogens with zero attached hydrogens (tertiary/aromatic N) is 2. The molecule has 128 valence electrons. The van der Waals surface area contributed by atoms with Crippen molar-refractivity contribution >= 4 is 11.4 Å². The second kappa shape index (κ2) is 7.34. The maximum absolute atomic E-state index is 10.5. The first-order valence-corrected chi connectivity index (χ1v) is 7.91. The summed E-state index contributed by atoms with van der Waals surface area (Å²) in [6.45, 7) is 8.55. The molecule has 24 heavy (non-hydrogen) atoms. The molecule has 0 radical (unpaired) electrons. The number of ether oxygens (including phenoxy) is 2. The molecule has 0 saturated heterocycles. The summed E-state index contributed by atoms with van der Waals surface area (Å²) in [6.07, 6.45) is 0. The topological polar surface area (TPSA) is 63.4 Å². The predicted octanol–water partition coefficient (Wildman–Crippen LogP) is 5.51. The van der Waals surface area contributed by atoms with Crippen molar-refractivity contribution in [1.29, 1.82) is 0 Å². The van der Waals surface area contributed by atoms with Crippen LogP contribution in [-0.4, -0.2) is 18.8 Å². The molecule has 0 spiro atoms. The van der Waals surface area contributed by atoms with Gasteiger partial charge in [-0.25, -0.2) is 0 Å². The Morgan fingerprint density at radius 2 is 1.67 bits per heavy atom. The van der Waals surface area contributed by atoms with Crippen LogP contribution in [0.5, 0.6) is 17.2 Å². The predicted molar refractivity (Wildman–Crippen MR) is 95.1 cm³/mol. The zero-order chi connectivity index (χ0) is 17.7. The Balaban J connectivity index is 2.40. The third kappa shape index (κ3) is 4.25. The molecule has 0 saturated carbocycles. The lowest BCUT2D eigenvalue weighted by Crippen LogP contribution is -2.11. The molecular weight excluding hydrogens is 304 g/mol. The average Bonchev–Trinajstić information content (AvgIpc) is 2.54. The summed E-state index contributed by atoms with van der Waals surface area (Å²) in [4.78, 5) is 0. The summed E-state index contributed by atoms with van der Waals surface area (Å²) in [5.74, 6) is 1.55. The van der Waals surface area contributed by atoms with Crippen LogP contribution in [0.25, 0.3) is 0 Å². The lowest BCUT2D eigenvalue weighted by molar-refractivity contribution is 0.337. The van der Waals surface area contributed by atoms with E-state index < -0.39 is 0 Å². The summed E-state index contributed by atoms with van der Waals surface area (Å²) in [5.41, 5.74) is 1.61. The number of methoxy groups -OCH3 is 1. The van der Waals surface area contributed by atoms with Crippen LogP contribution in [0.15, 0.2) is 46.6 Å². The molecule has 2 aromatic rings. The van der Waals surface area contributed by atoms with Crippen LogP contribution in [0.3, 0.4) is 0 Å². The lowest BCUT2D eigenvalue weighted by Gasteiger charge is -2.22. The van der Waals surface area contributed by atoms with E-state index in [1.807, 2.05) is 45.9 Å². The fraction of sp³-hybridized carbons (Fsp3) is 0.368. The van der Waals surface area contributed by atoms with Gasteiger partial charge in [-0.2, -0.15) is 5.11 Å². The standard InChI is InChI=1S/C19H24N2O3/c1-6-24-15-11-16(19(2,3)4)18(22)17(12-15)21-20-13-7-9-14(23-5)10-8-13/h7-12,22H,6H2,1-5H3/b21-20+. The van der Waals surface area contributed by atoms with Crippen LogP contribution in [0, 0.1) is 0 Å². The minimum absolute atomic E-state index is 0.128. The normalized spacial score (nSPS) is 11.7. The van der Waals surface area contributed by atoms with Gasteiger partial charge in [0.05, 0.1) is 19.4 Å². The number of rotatable bonds is 5. The van der Waals surface area contributed by atoms with E-state index in [0.717, 1.165) is 11.3 Å². The molecule has 0 aliphatic rings. The van der Waals surface area contributed by atoms with Crippen LogP contribution in [0.1, 0.15) is 33.3 Å². The average molecular weight is 328 g/mol. The molecule has 1 N–H and O–H groups in total. The Hall–Kier alpha value is -2.56. The van der Waals surface area contributed by atoms with Gasteiger partial charge in [-0.3, -0.25) is 0 Å². The molecule has 0 aromatic heterocycles. The van der Waals surface area contributed by atoms with Crippen molar-refractivity contribution in [2.75, 3.05) is 13.7 Å². The van der Waals surface area contributed by atoms with Crippen LogP contribution in [-0.2, 0) is 5.41 Å². The fourth-order valence-electron chi connectivity index (χ4n) is 2.25. The van der Waals surface area contributed by atoms with Crippen LogP contribution >= 0.6 is 0 Å². The van der Waals surface area contributed by atoms with E-state index in [9.17, 15) is 5.11 Å². The van der Waals surface area contributed by atoms with E-state index >= 15 is 0 Å². The zero-order valence-corrected chi connectivity index (χ0v) is 14.8. The highest BCUT2D eigenvalue weighted by molar-refractivity contribution is 5.61. The minimum atomic E-state index is -0.235. The maximum atomic E-state index is 10.5. The molecule has 0 fully saturated rings. The number of benzene rings is 2.